The Morgan fingerprint density at radius 2 is 1.79 bits per heavy atom. The molecule has 0 saturated heterocycles. The summed E-state index contributed by atoms with van der Waals surface area (Å²) in [6.45, 7) is 3.10. The van der Waals surface area contributed by atoms with E-state index >= 15 is 0 Å². The molecule has 2 rings (SSSR count). The highest BCUT2D eigenvalue weighted by Gasteiger charge is 2.31. The molecule has 6 heteroatoms. The highest BCUT2D eigenvalue weighted by Crippen LogP contribution is 2.32. The lowest BCUT2D eigenvalue weighted by Gasteiger charge is -2.21. The van der Waals surface area contributed by atoms with E-state index in [1.165, 1.54) is 18.2 Å². The Hall–Kier alpha value is -0.290. The maximum Gasteiger partial charge on any atom is 0.243 e. The van der Waals surface area contributed by atoms with Crippen molar-refractivity contribution in [3.05, 3.63) is 28.2 Å². The van der Waals surface area contributed by atoms with Crippen LogP contribution in [0.1, 0.15) is 26.2 Å². The second-order valence-corrected chi connectivity index (χ2v) is 7.72. The summed E-state index contributed by atoms with van der Waals surface area (Å²) in [6, 6.07) is 4.45. The van der Waals surface area contributed by atoms with Gasteiger partial charge < -0.3 is 0 Å². The van der Waals surface area contributed by atoms with Crippen LogP contribution < -0.4 is 0 Å². The monoisotopic (exact) mass is 321 g/mol. The van der Waals surface area contributed by atoms with E-state index in [9.17, 15) is 8.42 Å². The highest BCUT2D eigenvalue weighted by molar-refractivity contribution is 7.89. The van der Waals surface area contributed by atoms with E-state index in [1.807, 2.05) is 6.92 Å². The van der Waals surface area contributed by atoms with Gasteiger partial charge in [0.1, 0.15) is 0 Å². The van der Waals surface area contributed by atoms with Gasteiger partial charge in [-0.3, -0.25) is 0 Å². The van der Waals surface area contributed by atoms with Crippen LogP contribution in [0.2, 0.25) is 10.0 Å². The molecule has 0 bridgehead atoms. The van der Waals surface area contributed by atoms with Crippen LogP contribution in [0.15, 0.2) is 23.1 Å². The summed E-state index contributed by atoms with van der Waals surface area (Å²) < 4.78 is 26.7. The number of benzene rings is 1. The molecule has 1 aromatic rings. The quantitative estimate of drug-likeness (QED) is 0.799. The summed E-state index contributed by atoms with van der Waals surface area (Å²) in [4.78, 5) is 0.180. The summed E-state index contributed by atoms with van der Waals surface area (Å²) in [5.74, 6) is 0.510. The van der Waals surface area contributed by atoms with Gasteiger partial charge in [0.25, 0.3) is 0 Å². The molecular weight excluding hydrogens is 305 g/mol. The Morgan fingerprint density at radius 1 is 1.21 bits per heavy atom. The van der Waals surface area contributed by atoms with E-state index < -0.39 is 10.0 Å². The number of hydrogen-bond donors (Lipinski definition) is 0. The van der Waals surface area contributed by atoms with Crippen molar-refractivity contribution in [3.63, 3.8) is 0 Å². The molecule has 1 aliphatic carbocycles. The molecule has 0 radical (unpaired) electrons. The minimum absolute atomic E-state index is 0.180. The highest BCUT2D eigenvalue weighted by atomic mass is 35.5. The normalized spacial score (nSPS) is 16.0. The number of sulfonamides is 1. The van der Waals surface area contributed by atoms with Gasteiger partial charge in [-0.2, -0.15) is 4.31 Å². The Bertz CT molecular complexity index is 536. The minimum atomic E-state index is -3.50. The lowest BCUT2D eigenvalue weighted by Crippen LogP contribution is -2.33. The number of rotatable bonds is 6. The van der Waals surface area contributed by atoms with E-state index in [0.717, 1.165) is 19.3 Å². The molecule has 0 aliphatic heterocycles. The molecule has 0 aromatic heterocycles. The lowest BCUT2D eigenvalue weighted by atomic mass is 10.4. The van der Waals surface area contributed by atoms with Crippen molar-refractivity contribution in [2.75, 3.05) is 13.1 Å². The fourth-order valence-electron chi connectivity index (χ4n) is 1.97. The van der Waals surface area contributed by atoms with Gasteiger partial charge in [-0.1, -0.05) is 30.1 Å². The summed E-state index contributed by atoms with van der Waals surface area (Å²) in [5, 5.41) is 0.683. The van der Waals surface area contributed by atoms with Crippen LogP contribution in [0.5, 0.6) is 0 Å². The van der Waals surface area contributed by atoms with Crippen LogP contribution in [0.4, 0.5) is 0 Å². The second kappa shape index (κ2) is 6.00. The summed E-state index contributed by atoms with van der Waals surface area (Å²) >= 11 is 11.8. The van der Waals surface area contributed by atoms with Crippen molar-refractivity contribution >= 4 is 33.2 Å². The molecule has 1 aromatic carbocycles. The summed E-state index contributed by atoms with van der Waals surface area (Å²) in [5.41, 5.74) is 0. The van der Waals surface area contributed by atoms with Crippen molar-refractivity contribution in [1.29, 1.82) is 0 Å². The molecule has 0 N–H and O–H groups in total. The van der Waals surface area contributed by atoms with E-state index in [4.69, 9.17) is 23.2 Å². The Kier molecular flexibility index (Phi) is 4.77. The van der Waals surface area contributed by atoms with Crippen LogP contribution in [-0.2, 0) is 10.0 Å². The molecule has 0 heterocycles. The minimum Gasteiger partial charge on any atom is -0.207 e. The zero-order valence-electron chi connectivity index (χ0n) is 10.8. The molecule has 0 atom stereocenters. The topological polar surface area (TPSA) is 37.4 Å². The first-order valence-electron chi connectivity index (χ1n) is 6.39. The fraction of sp³-hybridized carbons (Fsp3) is 0.538. The number of halogens is 2. The van der Waals surface area contributed by atoms with Gasteiger partial charge in [-0.25, -0.2) is 8.42 Å². The first-order chi connectivity index (χ1) is 8.93. The Balaban J connectivity index is 2.31. The van der Waals surface area contributed by atoms with Gasteiger partial charge in [0, 0.05) is 23.1 Å². The maximum absolute atomic E-state index is 12.6. The standard InChI is InChI=1S/C13H17Cl2NO2S/c1-2-5-16(9-10-3-4-10)19(17,18)13-7-11(14)6-12(15)8-13/h6-8,10H,2-5,9H2,1H3. The van der Waals surface area contributed by atoms with Gasteiger partial charge >= 0.3 is 0 Å². The number of nitrogens with zero attached hydrogens (tertiary/aromatic N) is 1. The molecular formula is C13H17Cl2NO2S. The van der Waals surface area contributed by atoms with Crippen LogP contribution in [0, 0.1) is 5.92 Å². The molecule has 106 valence electrons. The zero-order valence-corrected chi connectivity index (χ0v) is 13.1. The molecule has 19 heavy (non-hydrogen) atoms. The van der Waals surface area contributed by atoms with E-state index in [-0.39, 0.29) is 4.90 Å². The van der Waals surface area contributed by atoms with Gasteiger partial charge in [-0.05, 0) is 43.4 Å². The average molecular weight is 322 g/mol. The summed E-state index contributed by atoms with van der Waals surface area (Å²) in [6.07, 6.45) is 3.03. The molecule has 0 spiro atoms. The van der Waals surface area contributed by atoms with Gasteiger partial charge in [0.05, 0.1) is 4.90 Å². The molecule has 0 amide bonds. The van der Waals surface area contributed by atoms with Gasteiger partial charge in [0.15, 0.2) is 0 Å². The Morgan fingerprint density at radius 3 is 2.26 bits per heavy atom. The largest absolute Gasteiger partial charge is 0.243 e. The third-order valence-corrected chi connectivity index (χ3v) is 5.38. The van der Waals surface area contributed by atoms with Crippen molar-refractivity contribution < 1.29 is 8.42 Å². The van der Waals surface area contributed by atoms with Crippen LogP contribution in [-0.4, -0.2) is 25.8 Å². The first-order valence-corrected chi connectivity index (χ1v) is 8.59. The molecule has 1 fully saturated rings. The Labute approximate surface area is 124 Å². The zero-order chi connectivity index (χ0) is 14.0. The van der Waals surface area contributed by atoms with Crippen molar-refractivity contribution in [1.82, 2.24) is 4.31 Å². The van der Waals surface area contributed by atoms with E-state index in [2.05, 4.69) is 0 Å². The van der Waals surface area contributed by atoms with Crippen molar-refractivity contribution in [3.8, 4) is 0 Å². The second-order valence-electron chi connectivity index (χ2n) is 4.91. The molecule has 1 saturated carbocycles. The van der Waals surface area contributed by atoms with Crippen LogP contribution in [0.3, 0.4) is 0 Å². The molecule has 1 aliphatic rings. The van der Waals surface area contributed by atoms with E-state index in [0.29, 0.717) is 29.1 Å². The third kappa shape index (κ3) is 3.85. The predicted molar refractivity (Wildman–Crippen MR) is 78.2 cm³/mol. The number of hydrogen-bond acceptors (Lipinski definition) is 2. The van der Waals surface area contributed by atoms with Crippen LogP contribution in [0.25, 0.3) is 0 Å². The van der Waals surface area contributed by atoms with Gasteiger partial charge in [0.2, 0.25) is 10.0 Å². The van der Waals surface area contributed by atoms with Crippen molar-refractivity contribution in [2.45, 2.75) is 31.1 Å². The summed E-state index contributed by atoms with van der Waals surface area (Å²) in [7, 11) is -3.50. The molecule has 0 unspecified atom stereocenters. The van der Waals surface area contributed by atoms with E-state index in [1.54, 1.807) is 4.31 Å². The first kappa shape index (κ1) is 15.1. The van der Waals surface area contributed by atoms with Gasteiger partial charge in [-0.15, -0.1) is 0 Å². The maximum atomic E-state index is 12.6. The third-order valence-electron chi connectivity index (χ3n) is 3.11. The van der Waals surface area contributed by atoms with Crippen molar-refractivity contribution in [2.24, 2.45) is 5.92 Å². The predicted octanol–water partition coefficient (Wildman–Crippen LogP) is 3.80. The fourth-order valence-corrected chi connectivity index (χ4v) is 4.31. The van der Waals surface area contributed by atoms with Crippen LogP contribution >= 0.6 is 23.2 Å². The molecule has 3 nitrogen and oxygen atoms in total. The lowest BCUT2D eigenvalue weighted by molar-refractivity contribution is 0.395. The smallest absolute Gasteiger partial charge is 0.207 e. The average Bonchev–Trinajstić information content (AvgIpc) is 3.11. The SMILES string of the molecule is CCCN(CC1CC1)S(=O)(=O)c1cc(Cl)cc(Cl)c1.